The molecule has 190 valence electrons. The van der Waals surface area contributed by atoms with Crippen LogP contribution in [0.1, 0.15) is 78.4 Å². The second-order valence-corrected chi connectivity index (χ2v) is 9.93. The van der Waals surface area contributed by atoms with Crippen molar-refractivity contribution in [3.63, 3.8) is 0 Å². The fraction of sp³-hybridized carbons (Fsp3) is 0.500. The minimum Gasteiger partial charge on any atom is -0.491 e. The van der Waals surface area contributed by atoms with Crippen molar-refractivity contribution in [3.05, 3.63) is 47.3 Å². The molecule has 1 unspecified atom stereocenters. The third-order valence-electron chi connectivity index (χ3n) is 7.20. The monoisotopic (exact) mass is 493 g/mol. The first kappa shape index (κ1) is 24.0. The number of carbonyl (C=O) groups is 4. The van der Waals surface area contributed by atoms with Crippen LogP contribution in [0.5, 0.6) is 5.75 Å². The molecule has 3 aliphatic rings. The topological polar surface area (TPSA) is 114 Å². The number of amides is 4. The van der Waals surface area contributed by atoms with E-state index in [1.807, 2.05) is 24.8 Å². The molecule has 0 radical (unpaired) electrons. The Morgan fingerprint density at radius 1 is 1.17 bits per heavy atom. The summed E-state index contributed by atoms with van der Waals surface area (Å²) < 4.78 is 7.88. The summed E-state index contributed by atoms with van der Waals surface area (Å²) in [6, 6.07) is 6.47. The van der Waals surface area contributed by atoms with E-state index in [2.05, 4.69) is 10.4 Å². The molecule has 0 saturated carbocycles. The van der Waals surface area contributed by atoms with Crippen LogP contribution < -0.4 is 10.1 Å². The number of nitrogens with zero attached hydrogens (tertiary/aromatic N) is 4. The number of carbonyl (C=O) groups excluding carboxylic acids is 4. The van der Waals surface area contributed by atoms with Gasteiger partial charge in [-0.2, -0.15) is 5.10 Å². The average molecular weight is 494 g/mol. The molecule has 1 N–H and O–H groups in total. The number of ether oxygens (including phenoxy) is 1. The van der Waals surface area contributed by atoms with Crippen LogP contribution in [-0.4, -0.2) is 68.4 Å². The maximum atomic E-state index is 13.3. The van der Waals surface area contributed by atoms with Crippen LogP contribution in [0.3, 0.4) is 0 Å². The van der Waals surface area contributed by atoms with Crippen molar-refractivity contribution in [2.75, 3.05) is 13.2 Å². The Balaban J connectivity index is 1.26. The highest BCUT2D eigenvalue weighted by Gasteiger charge is 2.39. The number of aromatic nitrogens is 2. The summed E-state index contributed by atoms with van der Waals surface area (Å²) in [6.07, 6.45) is 5.05. The molecule has 0 bridgehead atoms. The van der Waals surface area contributed by atoms with E-state index in [-0.39, 0.29) is 36.2 Å². The van der Waals surface area contributed by atoms with E-state index in [4.69, 9.17) is 4.74 Å². The van der Waals surface area contributed by atoms with E-state index in [9.17, 15) is 19.2 Å². The van der Waals surface area contributed by atoms with Crippen LogP contribution in [0.25, 0.3) is 0 Å². The highest BCUT2D eigenvalue weighted by molar-refractivity contribution is 6.05. The van der Waals surface area contributed by atoms with E-state index >= 15 is 0 Å². The van der Waals surface area contributed by atoms with E-state index < -0.39 is 11.9 Å². The molecular formula is C26H31N5O5. The summed E-state index contributed by atoms with van der Waals surface area (Å²) in [5.74, 6) is -0.354. The largest absolute Gasteiger partial charge is 0.491 e. The summed E-state index contributed by atoms with van der Waals surface area (Å²) in [6.45, 7) is 5.33. The molecule has 10 heteroatoms. The molecule has 10 nitrogen and oxygen atoms in total. The Kier molecular flexibility index (Phi) is 6.51. The number of likely N-dealkylation sites (tertiary alicyclic amines) is 1. The molecule has 2 saturated heterocycles. The van der Waals surface area contributed by atoms with Crippen LogP contribution in [0.15, 0.2) is 30.5 Å². The second-order valence-electron chi connectivity index (χ2n) is 9.93. The molecule has 2 fully saturated rings. The number of fused-ring (bicyclic) bond motifs is 1. The lowest BCUT2D eigenvalue weighted by atomic mass is 10.0. The molecule has 1 aromatic carbocycles. The van der Waals surface area contributed by atoms with Crippen molar-refractivity contribution in [2.45, 2.75) is 70.6 Å². The lowest BCUT2D eigenvalue weighted by Crippen LogP contribution is -2.52. The van der Waals surface area contributed by atoms with Crippen molar-refractivity contribution in [2.24, 2.45) is 0 Å². The predicted octanol–water partition coefficient (Wildman–Crippen LogP) is 2.30. The Morgan fingerprint density at radius 3 is 2.78 bits per heavy atom. The third-order valence-corrected chi connectivity index (χ3v) is 7.20. The quantitative estimate of drug-likeness (QED) is 0.618. The first-order valence-electron chi connectivity index (χ1n) is 12.6. The van der Waals surface area contributed by atoms with Gasteiger partial charge < -0.3 is 14.5 Å². The van der Waals surface area contributed by atoms with E-state index in [1.165, 1.54) is 4.90 Å². The van der Waals surface area contributed by atoms with Gasteiger partial charge in [-0.3, -0.25) is 29.2 Å². The molecule has 2 atom stereocenters. The van der Waals surface area contributed by atoms with E-state index in [0.29, 0.717) is 43.1 Å². The smallest absolute Gasteiger partial charge is 0.272 e. The van der Waals surface area contributed by atoms with Crippen LogP contribution in [0, 0.1) is 0 Å². The summed E-state index contributed by atoms with van der Waals surface area (Å²) >= 11 is 0. The van der Waals surface area contributed by atoms with Crippen LogP contribution in [0.2, 0.25) is 0 Å². The van der Waals surface area contributed by atoms with Gasteiger partial charge in [-0.15, -0.1) is 0 Å². The third kappa shape index (κ3) is 4.47. The number of hydrogen-bond donors (Lipinski definition) is 1. The average Bonchev–Trinajstić information content (AvgIpc) is 3.48. The second kappa shape index (κ2) is 9.75. The highest BCUT2D eigenvalue weighted by atomic mass is 16.5. The lowest BCUT2D eigenvalue weighted by molar-refractivity contribution is -0.136. The van der Waals surface area contributed by atoms with Gasteiger partial charge in [-0.25, -0.2) is 0 Å². The van der Waals surface area contributed by atoms with Gasteiger partial charge in [0.05, 0.1) is 6.04 Å². The van der Waals surface area contributed by atoms with Gasteiger partial charge in [0.1, 0.15) is 24.1 Å². The van der Waals surface area contributed by atoms with Crippen molar-refractivity contribution in [1.29, 1.82) is 0 Å². The maximum absolute atomic E-state index is 13.3. The van der Waals surface area contributed by atoms with Gasteiger partial charge in [-0.05, 0) is 69.4 Å². The van der Waals surface area contributed by atoms with Gasteiger partial charge in [0.15, 0.2) is 0 Å². The minimum atomic E-state index is -0.645. The summed E-state index contributed by atoms with van der Waals surface area (Å²) in [5.41, 5.74) is 1.92. The van der Waals surface area contributed by atoms with Crippen molar-refractivity contribution < 1.29 is 23.9 Å². The number of nitrogens with one attached hydrogen (secondary N) is 1. The molecule has 3 aliphatic heterocycles. The SMILES string of the molecule is CC(C)n1nccc1C(=O)N1CCCC[C@@H]1COc1ccc2c(c1)CN(C1CCC(=O)NC1=O)C2=O. The van der Waals surface area contributed by atoms with Gasteiger partial charge in [-0.1, -0.05) is 0 Å². The highest BCUT2D eigenvalue weighted by Crippen LogP contribution is 2.30. The molecule has 0 spiro atoms. The first-order chi connectivity index (χ1) is 17.3. The number of rotatable bonds is 6. The van der Waals surface area contributed by atoms with Gasteiger partial charge in [0.2, 0.25) is 11.8 Å². The zero-order chi connectivity index (χ0) is 25.4. The van der Waals surface area contributed by atoms with E-state index in [0.717, 1.165) is 24.8 Å². The fourth-order valence-electron chi connectivity index (χ4n) is 5.32. The number of piperidine rings is 2. The lowest BCUT2D eigenvalue weighted by Gasteiger charge is -2.35. The Hall–Kier alpha value is -3.69. The van der Waals surface area contributed by atoms with Crippen molar-refractivity contribution >= 4 is 23.6 Å². The first-order valence-corrected chi connectivity index (χ1v) is 12.6. The maximum Gasteiger partial charge on any atom is 0.272 e. The van der Waals surface area contributed by atoms with Crippen molar-refractivity contribution in [3.8, 4) is 5.75 Å². The standard InChI is InChI=1S/C26H31N5O5/c1-16(2)31-22(10-11-27-31)26(35)29-12-4-3-5-18(29)15-36-19-6-7-20-17(13-19)14-30(25(20)34)21-8-9-23(32)28-24(21)33/h6-7,10-11,13,16,18,21H,3-5,8-9,12,14-15H2,1-2H3,(H,28,32,33)/t18-,21?/m1/s1. The molecule has 0 aliphatic carbocycles. The molecule has 4 heterocycles. The van der Waals surface area contributed by atoms with E-state index in [1.54, 1.807) is 29.1 Å². The Morgan fingerprint density at radius 2 is 2.00 bits per heavy atom. The number of imide groups is 1. The minimum absolute atomic E-state index is 0.0334. The summed E-state index contributed by atoms with van der Waals surface area (Å²) in [7, 11) is 0. The molecule has 5 rings (SSSR count). The molecule has 2 aromatic rings. The fourth-order valence-corrected chi connectivity index (χ4v) is 5.32. The summed E-state index contributed by atoms with van der Waals surface area (Å²) in [5, 5.41) is 6.62. The summed E-state index contributed by atoms with van der Waals surface area (Å²) in [4.78, 5) is 53.4. The van der Waals surface area contributed by atoms with Gasteiger partial charge in [0, 0.05) is 37.3 Å². The normalized spacial score (nSPS) is 22.1. The predicted molar refractivity (Wildman–Crippen MR) is 129 cm³/mol. The van der Waals surface area contributed by atoms with Crippen molar-refractivity contribution in [1.82, 2.24) is 24.9 Å². The molecule has 36 heavy (non-hydrogen) atoms. The van der Waals surface area contributed by atoms with Gasteiger partial charge in [0.25, 0.3) is 11.8 Å². The molecular weight excluding hydrogens is 462 g/mol. The van der Waals surface area contributed by atoms with Crippen LogP contribution in [-0.2, 0) is 16.1 Å². The number of benzene rings is 1. The Labute approximate surface area is 209 Å². The zero-order valence-electron chi connectivity index (χ0n) is 20.6. The van der Waals surface area contributed by atoms with Crippen LogP contribution in [0.4, 0.5) is 0 Å². The van der Waals surface area contributed by atoms with Crippen LogP contribution >= 0.6 is 0 Å². The number of hydrogen-bond acceptors (Lipinski definition) is 6. The molecule has 4 amide bonds. The zero-order valence-corrected chi connectivity index (χ0v) is 20.6. The molecule has 1 aromatic heterocycles. The Bertz CT molecular complexity index is 1210. The van der Waals surface area contributed by atoms with Gasteiger partial charge >= 0.3 is 0 Å².